The molecule has 1 unspecified atom stereocenters. The zero-order valence-corrected chi connectivity index (χ0v) is 18.0. The number of hydrogen-bond donors (Lipinski definition) is 2. The standard InChI is InChI=1S/C16H16O5.C3H8.2C2H6/c17-13-8-6-12(7-9-13)16(19)21-11-14(18)10-20-15-4-2-1-3-5-15;1-3-2;2*1-2/h1-9,14,17-18H,10-11H2;3H2,1-2H3;2*1-2H3. The molecule has 0 saturated carbocycles. The van der Waals surface area contributed by atoms with Gasteiger partial charge in [-0.1, -0.05) is 66.2 Å². The lowest BCUT2D eigenvalue weighted by Gasteiger charge is -2.12. The summed E-state index contributed by atoms with van der Waals surface area (Å²) in [6, 6.07) is 14.7. The molecule has 0 aliphatic rings. The van der Waals surface area contributed by atoms with Crippen LogP contribution in [-0.2, 0) is 4.74 Å². The number of benzene rings is 2. The van der Waals surface area contributed by atoms with E-state index < -0.39 is 12.1 Å². The van der Waals surface area contributed by atoms with E-state index in [9.17, 15) is 9.90 Å². The molecular formula is C23H36O5. The Balaban J connectivity index is 0. The van der Waals surface area contributed by atoms with Crippen LogP contribution >= 0.6 is 0 Å². The lowest BCUT2D eigenvalue weighted by Crippen LogP contribution is -2.25. The van der Waals surface area contributed by atoms with Gasteiger partial charge in [-0.25, -0.2) is 4.79 Å². The highest BCUT2D eigenvalue weighted by molar-refractivity contribution is 5.89. The first-order chi connectivity index (χ1) is 13.6. The predicted octanol–water partition coefficient (Wildman–Crippen LogP) is 5.46. The monoisotopic (exact) mass is 392 g/mol. The van der Waals surface area contributed by atoms with E-state index in [1.54, 1.807) is 12.1 Å². The minimum absolute atomic E-state index is 0.0346. The average molecular weight is 393 g/mol. The molecule has 0 aliphatic heterocycles. The molecule has 0 aliphatic carbocycles. The van der Waals surface area contributed by atoms with Gasteiger partial charge in [-0.3, -0.25) is 0 Å². The van der Waals surface area contributed by atoms with Gasteiger partial charge in [0.05, 0.1) is 5.56 Å². The van der Waals surface area contributed by atoms with E-state index in [2.05, 4.69) is 13.8 Å². The first-order valence-corrected chi connectivity index (χ1v) is 9.88. The van der Waals surface area contributed by atoms with Crippen molar-refractivity contribution in [2.24, 2.45) is 0 Å². The van der Waals surface area contributed by atoms with Crippen LogP contribution in [0, 0.1) is 0 Å². The number of hydrogen-bond acceptors (Lipinski definition) is 5. The maximum absolute atomic E-state index is 11.7. The first-order valence-electron chi connectivity index (χ1n) is 9.88. The summed E-state index contributed by atoms with van der Waals surface area (Å²) in [6.45, 7) is 12.1. The number of aliphatic hydroxyl groups excluding tert-OH is 1. The molecule has 2 N–H and O–H groups in total. The van der Waals surface area contributed by atoms with E-state index >= 15 is 0 Å². The van der Waals surface area contributed by atoms with Crippen LogP contribution < -0.4 is 4.74 Å². The molecule has 0 radical (unpaired) electrons. The number of esters is 1. The minimum Gasteiger partial charge on any atom is -0.508 e. The molecule has 0 bridgehead atoms. The summed E-state index contributed by atoms with van der Waals surface area (Å²) in [5.74, 6) is 0.151. The second-order valence-electron chi connectivity index (χ2n) is 5.13. The van der Waals surface area contributed by atoms with E-state index in [1.165, 1.54) is 30.7 Å². The molecule has 5 heteroatoms. The van der Waals surface area contributed by atoms with Crippen LogP contribution in [-0.4, -0.2) is 35.5 Å². The zero-order chi connectivity index (χ0) is 21.8. The van der Waals surface area contributed by atoms with Crippen molar-refractivity contribution < 1.29 is 24.5 Å². The number of rotatable bonds is 6. The molecule has 1 atom stereocenters. The van der Waals surface area contributed by atoms with Crippen LogP contribution in [0.25, 0.3) is 0 Å². The Morgan fingerprint density at radius 2 is 1.39 bits per heavy atom. The van der Waals surface area contributed by atoms with Crippen molar-refractivity contribution >= 4 is 5.97 Å². The van der Waals surface area contributed by atoms with Gasteiger partial charge >= 0.3 is 5.97 Å². The van der Waals surface area contributed by atoms with Gasteiger partial charge in [0.25, 0.3) is 0 Å². The molecule has 0 saturated heterocycles. The summed E-state index contributed by atoms with van der Waals surface area (Å²) in [6.07, 6.45) is 0.339. The number of phenolic OH excluding ortho intramolecular Hbond substituents is 1. The maximum atomic E-state index is 11.7. The topological polar surface area (TPSA) is 76.0 Å². The third-order valence-corrected chi connectivity index (χ3v) is 2.70. The lowest BCUT2D eigenvalue weighted by molar-refractivity contribution is 0.0130. The van der Waals surface area contributed by atoms with E-state index in [0.717, 1.165) is 0 Å². The lowest BCUT2D eigenvalue weighted by atomic mass is 10.2. The van der Waals surface area contributed by atoms with Gasteiger partial charge in [0.2, 0.25) is 0 Å². The van der Waals surface area contributed by atoms with Crippen LogP contribution in [0.3, 0.4) is 0 Å². The quantitative estimate of drug-likeness (QED) is 0.639. The van der Waals surface area contributed by atoms with Gasteiger partial charge in [-0.15, -0.1) is 0 Å². The number of aliphatic hydroxyl groups is 1. The molecule has 0 spiro atoms. The van der Waals surface area contributed by atoms with Gasteiger partial charge in [0.1, 0.15) is 30.8 Å². The van der Waals surface area contributed by atoms with Crippen LogP contribution in [0.4, 0.5) is 0 Å². The van der Waals surface area contributed by atoms with Crippen molar-refractivity contribution in [3.63, 3.8) is 0 Å². The van der Waals surface area contributed by atoms with Crippen LogP contribution in [0.15, 0.2) is 54.6 Å². The Morgan fingerprint density at radius 1 is 0.893 bits per heavy atom. The first kappa shape index (κ1) is 27.7. The number of aromatic hydroxyl groups is 1. The Hall–Kier alpha value is -2.53. The number of carbonyl (C=O) groups is 1. The number of carbonyl (C=O) groups excluding carboxylic acids is 1. The predicted molar refractivity (Wildman–Crippen MR) is 115 cm³/mol. The number of ether oxygens (including phenoxy) is 2. The highest BCUT2D eigenvalue weighted by Gasteiger charge is 2.11. The molecule has 5 nitrogen and oxygen atoms in total. The fourth-order valence-electron chi connectivity index (χ4n) is 1.61. The van der Waals surface area contributed by atoms with E-state index in [1.807, 2.05) is 45.9 Å². The highest BCUT2D eigenvalue weighted by Crippen LogP contribution is 2.11. The van der Waals surface area contributed by atoms with Gasteiger partial charge in [0.15, 0.2) is 0 Å². The molecule has 0 aromatic heterocycles. The molecule has 2 aromatic rings. The number of para-hydroxylation sites is 1. The highest BCUT2D eigenvalue weighted by atomic mass is 16.5. The second-order valence-corrected chi connectivity index (χ2v) is 5.13. The Kier molecular flexibility index (Phi) is 19.0. The van der Waals surface area contributed by atoms with Crippen molar-refractivity contribution in [3.8, 4) is 11.5 Å². The third kappa shape index (κ3) is 13.6. The fourth-order valence-corrected chi connectivity index (χ4v) is 1.61. The van der Waals surface area contributed by atoms with Crippen molar-refractivity contribution in [3.05, 3.63) is 60.2 Å². The molecule has 0 heterocycles. The van der Waals surface area contributed by atoms with Gasteiger partial charge in [-0.05, 0) is 36.4 Å². The van der Waals surface area contributed by atoms with E-state index in [4.69, 9.17) is 14.6 Å². The van der Waals surface area contributed by atoms with E-state index in [0.29, 0.717) is 11.3 Å². The normalized spacial score (nSPS) is 9.82. The molecule has 28 heavy (non-hydrogen) atoms. The molecule has 158 valence electrons. The molecule has 0 amide bonds. The summed E-state index contributed by atoms with van der Waals surface area (Å²) >= 11 is 0. The molecular weight excluding hydrogens is 356 g/mol. The van der Waals surface area contributed by atoms with Crippen molar-refractivity contribution in [1.82, 2.24) is 0 Å². The largest absolute Gasteiger partial charge is 0.508 e. The van der Waals surface area contributed by atoms with Gasteiger partial charge < -0.3 is 19.7 Å². The Labute approximate surface area is 169 Å². The zero-order valence-electron chi connectivity index (χ0n) is 18.0. The average Bonchev–Trinajstić information content (AvgIpc) is 2.75. The van der Waals surface area contributed by atoms with Crippen molar-refractivity contribution in [2.75, 3.05) is 13.2 Å². The third-order valence-electron chi connectivity index (χ3n) is 2.70. The summed E-state index contributed by atoms with van der Waals surface area (Å²) in [4.78, 5) is 11.7. The van der Waals surface area contributed by atoms with Crippen LogP contribution in [0.5, 0.6) is 11.5 Å². The summed E-state index contributed by atoms with van der Waals surface area (Å²) in [7, 11) is 0. The molecule has 2 rings (SSSR count). The second kappa shape index (κ2) is 19.2. The van der Waals surface area contributed by atoms with Crippen molar-refractivity contribution in [1.29, 1.82) is 0 Å². The van der Waals surface area contributed by atoms with Crippen LogP contribution in [0.1, 0.15) is 58.3 Å². The summed E-state index contributed by atoms with van der Waals surface area (Å²) in [5.41, 5.74) is 0.309. The van der Waals surface area contributed by atoms with Gasteiger partial charge in [-0.2, -0.15) is 0 Å². The van der Waals surface area contributed by atoms with Crippen molar-refractivity contribution in [2.45, 2.75) is 54.1 Å². The number of phenols is 1. The minimum atomic E-state index is -0.911. The molecule has 2 aromatic carbocycles. The van der Waals surface area contributed by atoms with Crippen LogP contribution in [0.2, 0.25) is 0 Å². The smallest absolute Gasteiger partial charge is 0.338 e. The van der Waals surface area contributed by atoms with Gasteiger partial charge in [0, 0.05) is 0 Å². The molecule has 0 fully saturated rings. The van der Waals surface area contributed by atoms with E-state index in [-0.39, 0.29) is 19.0 Å². The Bertz CT molecular complexity index is 582. The summed E-state index contributed by atoms with van der Waals surface area (Å²) < 4.78 is 10.3. The Morgan fingerprint density at radius 3 is 1.89 bits per heavy atom. The summed E-state index contributed by atoms with van der Waals surface area (Å²) in [5, 5.41) is 18.8. The fraction of sp³-hybridized carbons (Fsp3) is 0.435. The maximum Gasteiger partial charge on any atom is 0.338 e. The SMILES string of the molecule is CC.CC.CCC.O=C(OCC(O)COc1ccccc1)c1ccc(O)cc1.